The lowest BCUT2D eigenvalue weighted by atomic mass is 10.0. The van der Waals surface area contributed by atoms with Crippen LogP contribution in [0.4, 0.5) is 20.2 Å². The molecule has 30 heavy (non-hydrogen) atoms. The van der Waals surface area contributed by atoms with E-state index in [2.05, 4.69) is 10.6 Å². The zero-order valence-electron chi connectivity index (χ0n) is 16.6. The third-order valence-electron chi connectivity index (χ3n) is 5.16. The summed E-state index contributed by atoms with van der Waals surface area (Å²) in [5.41, 5.74) is 2.23. The summed E-state index contributed by atoms with van der Waals surface area (Å²) < 4.78 is 39.5. The summed E-state index contributed by atoms with van der Waals surface area (Å²) in [4.78, 5) is 25.4. The number of hydrogen-bond acceptors (Lipinski definition) is 5. The second kappa shape index (κ2) is 7.81. The molecule has 0 aliphatic carbocycles. The molecule has 7 nitrogen and oxygen atoms in total. The second-order valence-corrected chi connectivity index (χ2v) is 7.33. The van der Waals surface area contributed by atoms with Crippen molar-refractivity contribution in [3.05, 3.63) is 47.0 Å². The first-order chi connectivity index (χ1) is 14.4. The van der Waals surface area contributed by atoms with Gasteiger partial charge in [0, 0.05) is 25.7 Å². The molecule has 1 atom stereocenters. The summed E-state index contributed by atoms with van der Waals surface area (Å²) in [5, 5.41) is 5.33. The highest BCUT2D eigenvalue weighted by atomic mass is 19.1. The molecule has 0 saturated heterocycles. The molecule has 2 aromatic rings. The Morgan fingerprint density at radius 2 is 2.07 bits per heavy atom. The average molecular weight is 417 g/mol. The van der Waals surface area contributed by atoms with E-state index < -0.39 is 17.7 Å². The van der Waals surface area contributed by atoms with Crippen LogP contribution < -0.4 is 25.0 Å². The van der Waals surface area contributed by atoms with Gasteiger partial charge >= 0.3 is 0 Å². The number of nitrogens with zero attached hydrogens (tertiary/aromatic N) is 1. The van der Waals surface area contributed by atoms with Crippen molar-refractivity contribution in [3.8, 4) is 11.5 Å². The molecule has 2 heterocycles. The predicted molar refractivity (Wildman–Crippen MR) is 106 cm³/mol. The van der Waals surface area contributed by atoms with Crippen LogP contribution in [-0.2, 0) is 16.1 Å². The lowest BCUT2D eigenvalue weighted by molar-refractivity contribution is -0.121. The van der Waals surface area contributed by atoms with E-state index in [0.717, 1.165) is 23.3 Å². The first-order valence-corrected chi connectivity index (χ1v) is 9.51. The van der Waals surface area contributed by atoms with Crippen LogP contribution in [0.1, 0.15) is 17.5 Å². The summed E-state index contributed by atoms with van der Waals surface area (Å²) in [7, 11) is 1.52. The number of rotatable bonds is 4. The van der Waals surface area contributed by atoms with Crippen LogP contribution >= 0.6 is 0 Å². The van der Waals surface area contributed by atoms with E-state index in [9.17, 15) is 18.4 Å². The molecule has 0 fully saturated rings. The second-order valence-electron chi connectivity index (χ2n) is 7.33. The predicted octanol–water partition coefficient (Wildman–Crippen LogP) is 2.51. The minimum absolute atomic E-state index is 0.0466. The number of ether oxygens (including phenoxy) is 2. The Kier molecular flexibility index (Phi) is 5.19. The van der Waals surface area contributed by atoms with Gasteiger partial charge in [0.05, 0.1) is 18.2 Å². The molecule has 0 radical (unpaired) electrons. The molecule has 2 aliphatic rings. The zero-order valence-corrected chi connectivity index (χ0v) is 16.6. The van der Waals surface area contributed by atoms with E-state index in [1.807, 2.05) is 13.0 Å². The number of fused-ring (bicyclic) bond motifs is 2. The van der Waals surface area contributed by atoms with E-state index in [4.69, 9.17) is 9.47 Å². The fraction of sp³-hybridized carbons (Fsp3) is 0.333. The van der Waals surface area contributed by atoms with Gasteiger partial charge in [-0.25, -0.2) is 8.78 Å². The minimum atomic E-state index is -0.766. The number of anilines is 2. The van der Waals surface area contributed by atoms with E-state index in [0.29, 0.717) is 11.4 Å². The molecule has 2 N–H and O–H groups in total. The number of nitrogens with one attached hydrogen (secondary N) is 2. The molecular formula is C21H21F2N3O4. The van der Waals surface area contributed by atoms with Gasteiger partial charge < -0.3 is 25.0 Å². The molecule has 158 valence electrons. The highest BCUT2D eigenvalue weighted by Gasteiger charge is 2.33. The Morgan fingerprint density at radius 1 is 1.27 bits per heavy atom. The molecule has 0 saturated carbocycles. The smallest absolute Gasteiger partial charge is 0.262 e. The molecule has 0 aromatic heterocycles. The molecule has 2 aromatic carbocycles. The van der Waals surface area contributed by atoms with Crippen LogP contribution in [0.2, 0.25) is 0 Å². The van der Waals surface area contributed by atoms with Crippen LogP contribution in [0.3, 0.4) is 0 Å². The zero-order chi connectivity index (χ0) is 21.4. The average Bonchev–Trinajstić information content (AvgIpc) is 2.68. The fourth-order valence-electron chi connectivity index (χ4n) is 3.83. The molecule has 4 rings (SSSR count). The third kappa shape index (κ3) is 3.74. The van der Waals surface area contributed by atoms with Gasteiger partial charge in [-0.3, -0.25) is 9.59 Å². The molecule has 0 spiro atoms. The number of carbonyl (C=O) groups is 2. The highest BCUT2D eigenvalue weighted by molar-refractivity contribution is 5.95. The molecule has 9 heteroatoms. The number of benzene rings is 2. The van der Waals surface area contributed by atoms with E-state index in [1.165, 1.54) is 7.05 Å². The lowest BCUT2D eigenvalue weighted by Crippen LogP contribution is -2.45. The fourth-order valence-corrected chi connectivity index (χ4v) is 3.83. The van der Waals surface area contributed by atoms with Crippen molar-refractivity contribution >= 4 is 23.2 Å². The van der Waals surface area contributed by atoms with Crippen LogP contribution in [0.25, 0.3) is 0 Å². The van der Waals surface area contributed by atoms with E-state index in [1.54, 1.807) is 11.0 Å². The Hall–Kier alpha value is -3.36. The van der Waals surface area contributed by atoms with Gasteiger partial charge in [0.2, 0.25) is 5.91 Å². The topological polar surface area (TPSA) is 79.9 Å². The van der Waals surface area contributed by atoms with Crippen molar-refractivity contribution < 1.29 is 27.8 Å². The van der Waals surface area contributed by atoms with Crippen molar-refractivity contribution in [3.63, 3.8) is 0 Å². The summed E-state index contributed by atoms with van der Waals surface area (Å²) >= 11 is 0. The van der Waals surface area contributed by atoms with Crippen LogP contribution in [0, 0.1) is 18.6 Å². The maximum absolute atomic E-state index is 14.7. The van der Waals surface area contributed by atoms with Gasteiger partial charge in [0.15, 0.2) is 12.4 Å². The Bertz CT molecular complexity index is 1030. The van der Waals surface area contributed by atoms with Crippen molar-refractivity contribution in [2.24, 2.45) is 0 Å². The van der Waals surface area contributed by atoms with Gasteiger partial charge in [-0.05, 0) is 24.1 Å². The van der Waals surface area contributed by atoms with Crippen LogP contribution in [-0.4, -0.2) is 38.1 Å². The van der Waals surface area contributed by atoms with Crippen molar-refractivity contribution in [1.82, 2.24) is 5.32 Å². The van der Waals surface area contributed by atoms with Gasteiger partial charge in [-0.2, -0.15) is 0 Å². The normalized spacial score (nSPS) is 17.3. The number of carbonyl (C=O) groups excluding carboxylic acids is 2. The van der Waals surface area contributed by atoms with Gasteiger partial charge in [-0.15, -0.1) is 0 Å². The summed E-state index contributed by atoms with van der Waals surface area (Å²) in [6.07, 6.45) is 0.0799. The minimum Gasteiger partial charge on any atom is -0.489 e. The van der Waals surface area contributed by atoms with Crippen molar-refractivity contribution in [1.29, 1.82) is 0 Å². The molecule has 0 unspecified atom stereocenters. The molecule has 2 amide bonds. The highest BCUT2D eigenvalue weighted by Crippen LogP contribution is 2.40. The third-order valence-corrected chi connectivity index (χ3v) is 5.16. The van der Waals surface area contributed by atoms with Crippen molar-refractivity contribution in [2.45, 2.75) is 25.9 Å². The summed E-state index contributed by atoms with van der Waals surface area (Å²) in [6.45, 7) is 2.14. The maximum atomic E-state index is 14.7. The van der Waals surface area contributed by atoms with Crippen LogP contribution in [0.15, 0.2) is 24.3 Å². The number of aryl methyl sites for hydroxylation is 1. The van der Waals surface area contributed by atoms with Crippen molar-refractivity contribution in [2.75, 3.05) is 30.5 Å². The molecule has 2 aliphatic heterocycles. The van der Waals surface area contributed by atoms with E-state index in [-0.39, 0.29) is 49.4 Å². The SMILES string of the molecule is CNC(=O)C[C@@H]1COc2cc(F)cc(F)c2N1Cc1cc(C)c2c(c1)NC(=O)CO2. The van der Waals surface area contributed by atoms with Gasteiger partial charge in [0.1, 0.15) is 29.6 Å². The maximum Gasteiger partial charge on any atom is 0.262 e. The lowest BCUT2D eigenvalue weighted by Gasteiger charge is -2.38. The monoisotopic (exact) mass is 417 g/mol. The first-order valence-electron chi connectivity index (χ1n) is 9.51. The largest absolute Gasteiger partial charge is 0.489 e. The molecular weight excluding hydrogens is 396 g/mol. The number of amides is 2. The van der Waals surface area contributed by atoms with Gasteiger partial charge in [0.25, 0.3) is 5.91 Å². The van der Waals surface area contributed by atoms with Gasteiger partial charge in [-0.1, -0.05) is 6.07 Å². The Labute approximate surface area is 172 Å². The Morgan fingerprint density at radius 3 is 2.83 bits per heavy atom. The number of hydrogen-bond donors (Lipinski definition) is 2. The first kappa shape index (κ1) is 19.9. The molecule has 0 bridgehead atoms. The quantitative estimate of drug-likeness (QED) is 0.799. The van der Waals surface area contributed by atoms with Crippen LogP contribution in [0.5, 0.6) is 11.5 Å². The number of halogens is 2. The standard InChI is InChI=1S/C21H21F2N3O4/c1-11-3-12(4-16-21(11)30-10-19(28)25-16)8-26-14(7-18(27)24-2)9-29-17-6-13(22)5-15(23)20(17)26/h3-6,14H,7-10H2,1-2H3,(H,24,27)(H,25,28)/t14-/m1/s1. The summed E-state index contributed by atoms with van der Waals surface area (Å²) in [5.74, 6) is -1.29. The Balaban J connectivity index is 1.73. The summed E-state index contributed by atoms with van der Waals surface area (Å²) in [6, 6.07) is 5.10. The van der Waals surface area contributed by atoms with E-state index >= 15 is 0 Å².